The Hall–Kier alpha value is -3.81. The highest BCUT2D eigenvalue weighted by Gasteiger charge is 2.44. The predicted molar refractivity (Wildman–Crippen MR) is 127 cm³/mol. The number of carbonyl (C=O) groups is 1. The molecule has 1 aliphatic heterocycles. The van der Waals surface area contributed by atoms with Gasteiger partial charge in [0.1, 0.15) is 11.6 Å². The number of hydrogen-bond donors (Lipinski definition) is 1. The molecule has 1 N–H and O–H groups in total. The molecular formula is C27H24F3N3O2. The number of imidazole rings is 1. The van der Waals surface area contributed by atoms with E-state index < -0.39 is 11.9 Å². The van der Waals surface area contributed by atoms with Crippen molar-refractivity contribution in [3.63, 3.8) is 0 Å². The highest BCUT2D eigenvalue weighted by molar-refractivity contribution is 6.01. The molecule has 0 aliphatic carbocycles. The average Bonchev–Trinajstić information content (AvgIpc) is 3.42. The summed E-state index contributed by atoms with van der Waals surface area (Å²) in [6, 6.07) is 19.6. The van der Waals surface area contributed by atoms with Gasteiger partial charge in [-0.25, -0.2) is 4.98 Å². The lowest BCUT2D eigenvalue weighted by Gasteiger charge is -2.34. The van der Waals surface area contributed by atoms with Crippen LogP contribution in [-0.2, 0) is 5.54 Å². The monoisotopic (exact) mass is 479 g/mol. The van der Waals surface area contributed by atoms with E-state index in [-0.39, 0.29) is 11.7 Å². The topological polar surface area (TPSA) is 58.2 Å². The van der Waals surface area contributed by atoms with Gasteiger partial charge in [0.05, 0.1) is 16.6 Å². The number of carbonyl (C=O) groups excluding carboxylic acids is 1. The maximum absolute atomic E-state index is 13.9. The van der Waals surface area contributed by atoms with Crippen LogP contribution in [0.3, 0.4) is 0 Å². The molecule has 2 heterocycles. The molecular weight excluding hydrogens is 455 g/mol. The van der Waals surface area contributed by atoms with Gasteiger partial charge in [-0.05, 0) is 56.0 Å². The largest absolute Gasteiger partial charge is 0.573 e. The molecule has 5 nitrogen and oxygen atoms in total. The summed E-state index contributed by atoms with van der Waals surface area (Å²) in [6.07, 6.45) is -3.31. The van der Waals surface area contributed by atoms with Crippen LogP contribution in [0.25, 0.3) is 22.2 Å². The summed E-state index contributed by atoms with van der Waals surface area (Å²) in [5, 5.41) is 0. The first-order chi connectivity index (χ1) is 16.6. The molecule has 0 saturated carbocycles. The second-order valence-corrected chi connectivity index (χ2v) is 9.06. The van der Waals surface area contributed by atoms with Crippen LogP contribution < -0.4 is 4.74 Å². The lowest BCUT2D eigenvalue weighted by Crippen LogP contribution is -2.43. The van der Waals surface area contributed by atoms with E-state index in [1.807, 2.05) is 67.3 Å². The van der Waals surface area contributed by atoms with Crippen LogP contribution in [0.15, 0.2) is 66.7 Å². The van der Waals surface area contributed by atoms with Gasteiger partial charge in [-0.1, -0.05) is 48.0 Å². The SMILES string of the molecule is Cc1ccc(-c2ccccc2)c(C(=O)N2CCC[C@@]2(C)c2nc3ccc(OC(F)(F)F)cc3[nH]2)c1. The molecule has 1 amide bonds. The van der Waals surface area contributed by atoms with Crippen molar-refractivity contribution in [2.75, 3.05) is 6.54 Å². The molecule has 0 unspecified atom stereocenters. The minimum Gasteiger partial charge on any atom is -0.406 e. The number of nitrogens with zero attached hydrogens (tertiary/aromatic N) is 2. The highest BCUT2D eigenvalue weighted by atomic mass is 19.4. The Morgan fingerprint density at radius 2 is 1.86 bits per heavy atom. The molecule has 3 aromatic carbocycles. The number of benzene rings is 3. The molecule has 1 aliphatic rings. The summed E-state index contributed by atoms with van der Waals surface area (Å²) in [5.74, 6) is 0.113. The Bertz CT molecular complexity index is 1400. The van der Waals surface area contributed by atoms with Gasteiger partial charge in [-0.15, -0.1) is 13.2 Å². The number of rotatable bonds is 4. The number of alkyl halides is 3. The molecule has 35 heavy (non-hydrogen) atoms. The van der Waals surface area contributed by atoms with E-state index in [4.69, 9.17) is 0 Å². The van der Waals surface area contributed by atoms with Crippen molar-refractivity contribution in [3.05, 3.63) is 83.7 Å². The summed E-state index contributed by atoms with van der Waals surface area (Å²) in [5.41, 5.74) is 3.60. The number of halogens is 3. The van der Waals surface area contributed by atoms with E-state index in [1.54, 1.807) is 0 Å². The number of hydrogen-bond acceptors (Lipinski definition) is 3. The fourth-order valence-electron chi connectivity index (χ4n) is 4.83. The van der Waals surface area contributed by atoms with Crippen LogP contribution in [0.4, 0.5) is 13.2 Å². The number of likely N-dealkylation sites (tertiary alicyclic amines) is 1. The zero-order chi connectivity index (χ0) is 24.8. The number of aromatic nitrogens is 2. The number of H-pyrrole nitrogens is 1. The van der Waals surface area contributed by atoms with E-state index in [0.29, 0.717) is 35.4 Å². The van der Waals surface area contributed by atoms with Gasteiger partial charge in [0.25, 0.3) is 5.91 Å². The first-order valence-corrected chi connectivity index (χ1v) is 11.4. The minimum atomic E-state index is -4.78. The fourth-order valence-corrected chi connectivity index (χ4v) is 4.83. The molecule has 1 atom stereocenters. The van der Waals surface area contributed by atoms with Gasteiger partial charge in [-0.3, -0.25) is 4.79 Å². The van der Waals surface area contributed by atoms with Gasteiger partial charge < -0.3 is 14.6 Å². The molecule has 1 saturated heterocycles. The molecule has 5 rings (SSSR count). The minimum absolute atomic E-state index is 0.103. The Morgan fingerprint density at radius 1 is 1.09 bits per heavy atom. The van der Waals surface area contributed by atoms with Crippen molar-refractivity contribution in [2.24, 2.45) is 0 Å². The molecule has 0 spiro atoms. The number of aromatic amines is 1. The smallest absolute Gasteiger partial charge is 0.406 e. The van der Waals surface area contributed by atoms with Crippen LogP contribution in [0.2, 0.25) is 0 Å². The van der Waals surface area contributed by atoms with Crippen LogP contribution in [0, 0.1) is 6.92 Å². The molecule has 0 bridgehead atoms. The Labute approximate surface area is 200 Å². The van der Waals surface area contributed by atoms with Gasteiger partial charge in [0.15, 0.2) is 0 Å². The number of fused-ring (bicyclic) bond motifs is 1. The Balaban J connectivity index is 1.52. The number of amides is 1. The average molecular weight is 480 g/mol. The Kier molecular flexibility index (Phi) is 5.54. The summed E-state index contributed by atoms with van der Waals surface area (Å²) in [7, 11) is 0. The van der Waals surface area contributed by atoms with Crippen molar-refractivity contribution >= 4 is 16.9 Å². The number of nitrogens with one attached hydrogen (secondary N) is 1. The third-order valence-corrected chi connectivity index (χ3v) is 6.57. The number of aryl methyl sites for hydroxylation is 1. The summed E-state index contributed by atoms with van der Waals surface area (Å²) >= 11 is 0. The molecule has 4 aromatic rings. The number of ether oxygens (including phenoxy) is 1. The summed E-state index contributed by atoms with van der Waals surface area (Å²) < 4.78 is 42.0. The maximum Gasteiger partial charge on any atom is 0.573 e. The molecule has 0 radical (unpaired) electrons. The fraction of sp³-hybridized carbons (Fsp3) is 0.259. The van der Waals surface area contributed by atoms with Crippen molar-refractivity contribution in [1.29, 1.82) is 0 Å². The van der Waals surface area contributed by atoms with Crippen LogP contribution >= 0.6 is 0 Å². The van der Waals surface area contributed by atoms with Gasteiger partial charge in [0, 0.05) is 18.2 Å². The van der Waals surface area contributed by atoms with Crippen molar-refractivity contribution < 1.29 is 22.7 Å². The first kappa shape index (κ1) is 23.0. The molecule has 1 aromatic heterocycles. The van der Waals surface area contributed by atoms with E-state index in [0.717, 1.165) is 23.1 Å². The van der Waals surface area contributed by atoms with Gasteiger partial charge >= 0.3 is 6.36 Å². The predicted octanol–water partition coefficient (Wildman–Crippen LogP) is 6.59. The van der Waals surface area contributed by atoms with Crippen LogP contribution in [0.1, 0.15) is 41.5 Å². The molecule has 180 valence electrons. The van der Waals surface area contributed by atoms with E-state index in [9.17, 15) is 18.0 Å². The zero-order valence-corrected chi connectivity index (χ0v) is 19.3. The quantitative estimate of drug-likeness (QED) is 0.359. The summed E-state index contributed by atoms with van der Waals surface area (Å²) in [6.45, 7) is 4.45. The molecule has 1 fully saturated rings. The normalized spacial score (nSPS) is 18.3. The first-order valence-electron chi connectivity index (χ1n) is 11.4. The lowest BCUT2D eigenvalue weighted by atomic mass is 9.94. The van der Waals surface area contributed by atoms with Gasteiger partial charge in [0.2, 0.25) is 0 Å². The second-order valence-electron chi connectivity index (χ2n) is 9.06. The van der Waals surface area contributed by atoms with Gasteiger partial charge in [-0.2, -0.15) is 0 Å². The second kappa shape index (κ2) is 8.45. The van der Waals surface area contributed by atoms with E-state index >= 15 is 0 Å². The highest BCUT2D eigenvalue weighted by Crippen LogP contribution is 2.40. The third kappa shape index (κ3) is 4.36. The maximum atomic E-state index is 13.9. The van der Waals surface area contributed by atoms with Crippen LogP contribution in [-0.4, -0.2) is 33.7 Å². The zero-order valence-electron chi connectivity index (χ0n) is 19.3. The summed E-state index contributed by atoms with van der Waals surface area (Å²) in [4.78, 5) is 23.6. The van der Waals surface area contributed by atoms with Crippen LogP contribution in [0.5, 0.6) is 5.75 Å². The standard InChI is InChI=1S/C27H24F3N3O2/c1-17-9-11-20(18-7-4-3-5-8-18)21(15-17)24(34)33-14-6-13-26(33,2)25-31-22-12-10-19(16-23(22)32-25)35-27(28,29)30/h3-5,7-12,15-16H,6,13-14H2,1-2H3,(H,31,32)/t26-/m0/s1. The third-order valence-electron chi connectivity index (χ3n) is 6.57. The van der Waals surface area contributed by atoms with Crippen molar-refractivity contribution in [2.45, 2.75) is 38.6 Å². The Morgan fingerprint density at radius 3 is 2.60 bits per heavy atom. The molecule has 8 heteroatoms. The van der Waals surface area contributed by atoms with E-state index in [1.165, 1.54) is 18.2 Å². The van der Waals surface area contributed by atoms with Crippen molar-refractivity contribution in [3.8, 4) is 16.9 Å². The van der Waals surface area contributed by atoms with E-state index in [2.05, 4.69) is 14.7 Å². The lowest BCUT2D eigenvalue weighted by molar-refractivity contribution is -0.274. The van der Waals surface area contributed by atoms with Crippen molar-refractivity contribution in [1.82, 2.24) is 14.9 Å².